The second-order valence-corrected chi connectivity index (χ2v) is 11.5. The van der Waals surface area contributed by atoms with Gasteiger partial charge in [0.1, 0.15) is 23.7 Å². The molecule has 7 nitrogen and oxygen atoms in total. The van der Waals surface area contributed by atoms with Crippen molar-refractivity contribution in [1.82, 2.24) is 9.97 Å². The van der Waals surface area contributed by atoms with E-state index in [4.69, 9.17) is 19.2 Å². The molecule has 0 aliphatic heterocycles. The Morgan fingerprint density at radius 2 is 1.90 bits per heavy atom. The van der Waals surface area contributed by atoms with Crippen LogP contribution in [0.2, 0.25) is 0 Å². The van der Waals surface area contributed by atoms with Crippen molar-refractivity contribution in [2.45, 2.75) is 32.9 Å². The lowest BCUT2D eigenvalue weighted by Crippen LogP contribution is -2.11. The Morgan fingerprint density at radius 1 is 1.10 bits per heavy atom. The number of methoxy groups -OCH3 is 2. The molecule has 218 valence electrons. The molecule has 4 aromatic rings. The molecule has 0 saturated heterocycles. The maximum atomic E-state index is 13.7. The highest BCUT2D eigenvalue weighted by Crippen LogP contribution is 2.41. The van der Waals surface area contributed by atoms with Gasteiger partial charge in [-0.2, -0.15) is 13.2 Å². The Balaban J connectivity index is 1.73. The van der Waals surface area contributed by atoms with Gasteiger partial charge in [0, 0.05) is 34.2 Å². The van der Waals surface area contributed by atoms with Gasteiger partial charge >= 0.3 is 12.1 Å². The van der Waals surface area contributed by atoms with Crippen molar-refractivity contribution in [3.63, 3.8) is 0 Å². The molecule has 0 aliphatic carbocycles. The van der Waals surface area contributed by atoms with Gasteiger partial charge in [-0.1, -0.05) is 26.0 Å². The zero-order valence-corrected chi connectivity index (χ0v) is 24.6. The smallest absolute Gasteiger partial charge is 0.419 e. The average molecular weight is 606 g/mol. The number of pyridine rings is 1. The van der Waals surface area contributed by atoms with E-state index >= 15 is 0 Å². The fourth-order valence-corrected chi connectivity index (χ4v) is 5.69. The molecule has 41 heavy (non-hydrogen) atoms. The van der Waals surface area contributed by atoms with Crippen LogP contribution in [-0.2, 0) is 22.1 Å². The second kappa shape index (κ2) is 13.5. The van der Waals surface area contributed by atoms with Crippen molar-refractivity contribution < 1.29 is 32.2 Å². The van der Waals surface area contributed by atoms with Gasteiger partial charge in [0.2, 0.25) is 0 Å². The quantitative estimate of drug-likeness (QED) is 0.129. The number of halogens is 3. The molecule has 3 aromatic heterocycles. The lowest BCUT2D eigenvalue weighted by molar-refractivity contribution is -0.139. The van der Waals surface area contributed by atoms with E-state index in [0.29, 0.717) is 28.7 Å². The summed E-state index contributed by atoms with van der Waals surface area (Å²) in [5.74, 6) is -0.179. The first kappa shape index (κ1) is 30.5. The largest absolute Gasteiger partial charge is 0.491 e. The average Bonchev–Trinajstić information content (AvgIpc) is 3.62. The number of thiazole rings is 1. The number of esters is 1. The number of rotatable bonds is 12. The molecule has 0 bridgehead atoms. The van der Waals surface area contributed by atoms with Gasteiger partial charge in [-0.25, -0.2) is 14.8 Å². The first-order valence-corrected chi connectivity index (χ1v) is 14.5. The number of aryl methyl sites for hydroxylation is 1. The van der Waals surface area contributed by atoms with E-state index < -0.39 is 17.7 Å². The summed E-state index contributed by atoms with van der Waals surface area (Å²) in [6.07, 6.45) is -1.40. The van der Waals surface area contributed by atoms with Crippen LogP contribution >= 0.6 is 22.7 Å². The van der Waals surface area contributed by atoms with Crippen LogP contribution < -0.4 is 10.1 Å². The number of thiophene rings is 1. The normalized spacial score (nSPS) is 11.6. The van der Waals surface area contributed by atoms with Gasteiger partial charge in [-0.15, -0.1) is 22.7 Å². The molecule has 1 aromatic carbocycles. The molecule has 0 aliphatic rings. The van der Waals surface area contributed by atoms with Crippen molar-refractivity contribution in [1.29, 1.82) is 0 Å². The van der Waals surface area contributed by atoms with Crippen LogP contribution in [0.5, 0.6) is 5.75 Å². The van der Waals surface area contributed by atoms with Gasteiger partial charge in [-0.3, -0.25) is 0 Å². The van der Waals surface area contributed by atoms with E-state index in [1.807, 2.05) is 17.5 Å². The Kier molecular flexibility index (Phi) is 10.0. The number of benzene rings is 1. The molecule has 1 N–H and O–H groups in total. The van der Waals surface area contributed by atoms with Crippen LogP contribution in [-0.4, -0.2) is 43.4 Å². The lowest BCUT2D eigenvalue weighted by atomic mass is 10.0. The topological polar surface area (TPSA) is 82.6 Å². The number of carbonyl (C=O) groups excluding carboxylic acids is 1. The number of aromatic nitrogens is 2. The van der Waals surface area contributed by atoms with Gasteiger partial charge in [0.05, 0.1) is 25.0 Å². The van der Waals surface area contributed by atoms with E-state index in [1.54, 1.807) is 12.3 Å². The molecule has 0 atom stereocenters. The van der Waals surface area contributed by atoms with Crippen LogP contribution in [0, 0.1) is 5.92 Å². The number of ether oxygens (including phenoxy) is 3. The molecule has 4 rings (SSSR count). The number of nitrogens with one attached hydrogen (secondary N) is 1. The lowest BCUT2D eigenvalue weighted by Gasteiger charge is -2.15. The van der Waals surface area contributed by atoms with E-state index in [0.717, 1.165) is 27.8 Å². The number of nitrogens with zero attached hydrogens (tertiary/aromatic N) is 2. The standard InChI is InChI=1S/C29H30F3N3O4S2/c1-17(2)7-10-24-25(18-8-9-21(29(30,31)32)22(15-18)39-12-11-37-3)34-28(41-24)35-26-20(27(36)38-4)14-19(16-33-26)23-6-5-13-40-23/h5-6,8-9,13-17H,7,10-12H2,1-4H3,(H,33,34,35). The minimum Gasteiger partial charge on any atom is -0.491 e. The van der Waals surface area contributed by atoms with E-state index in [9.17, 15) is 18.0 Å². The fraction of sp³-hybridized carbons (Fsp3) is 0.345. The Morgan fingerprint density at radius 3 is 2.56 bits per heavy atom. The van der Waals surface area contributed by atoms with Crippen molar-refractivity contribution >= 4 is 39.6 Å². The second-order valence-electron chi connectivity index (χ2n) is 9.49. The highest BCUT2D eigenvalue weighted by molar-refractivity contribution is 7.16. The highest BCUT2D eigenvalue weighted by atomic mass is 32.1. The number of alkyl halides is 3. The van der Waals surface area contributed by atoms with Crippen molar-refractivity contribution in [3.8, 4) is 27.4 Å². The summed E-state index contributed by atoms with van der Waals surface area (Å²) in [5.41, 5.74) is 1.17. The molecule has 0 fully saturated rings. The SMILES string of the molecule is COCCOc1cc(-c2nc(Nc3ncc(-c4cccs4)cc3C(=O)OC)sc2CCC(C)C)ccc1C(F)(F)F. The van der Waals surface area contributed by atoms with E-state index in [1.165, 1.54) is 49.0 Å². The summed E-state index contributed by atoms with van der Waals surface area (Å²) in [6, 6.07) is 9.33. The van der Waals surface area contributed by atoms with Gasteiger partial charge in [-0.05, 0) is 48.4 Å². The minimum atomic E-state index is -4.58. The first-order valence-electron chi connectivity index (χ1n) is 12.8. The predicted molar refractivity (Wildman–Crippen MR) is 155 cm³/mol. The van der Waals surface area contributed by atoms with Crippen LogP contribution in [0.25, 0.3) is 21.7 Å². The minimum absolute atomic E-state index is 0.0312. The third-order valence-electron chi connectivity index (χ3n) is 6.08. The van der Waals surface area contributed by atoms with Crippen LogP contribution in [0.4, 0.5) is 24.1 Å². The Bertz CT molecular complexity index is 1470. The van der Waals surface area contributed by atoms with Crippen molar-refractivity contribution in [2.24, 2.45) is 5.92 Å². The molecule has 3 heterocycles. The molecule has 12 heteroatoms. The number of carbonyl (C=O) groups is 1. The van der Waals surface area contributed by atoms with Crippen molar-refractivity contribution in [2.75, 3.05) is 32.8 Å². The number of hydrogen-bond acceptors (Lipinski definition) is 9. The monoisotopic (exact) mass is 605 g/mol. The molecular formula is C29H30F3N3O4S2. The Labute approximate surface area is 244 Å². The molecule has 0 saturated carbocycles. The summed E-state index contributed by atoms with van der Waals surface area (Å²) in [7, 11) is 2.75. The van der Waals surface area contributed by atoms with Crippen molar-refractivity contribution in [3.05, 3.63) is 64.0 Å². The van der Waals surface area contributed by atoms with Gasteiger partial charge in [0.25, 0.3) is 0 Å². The summed E-state index contributed by atoms with van der Waals surface area (Å²) in [6.45, 7) is 4.31. The number of hydrogen-bond donors (Lipinski definition) is 1. The van der Waals surface area contributed by atoms with Gasteiger partial charge in [0.15, 0.2) is 5.13 Å². The van der Waals surface area contributed by atoms with Crippen LogP contribution in [0.3, 0.4) is 0 Å². The van der Waals surface area contributed by atoms with Gasteiger partial charge < -0.3 is 19.5 Å². The third-order valence-corrected chi connectivity index (χ3v) is 8.03. The first-order chi connectivity index (χ1) is 19.6. The molecule has 0 radical (unpaired) electrons. The fourth-order valence-electron chi connectivity index (χ4n) is 3.99. The molecule has 0 unspecified atom stereocenters. The molecule has 0 amide bonds. The maximum absolute atomic E-state index is 13.7. The number of anilines is 2. The zero-order chi connectivity index (χ0) is 29.6. The molecular weight excluding hydrogens is 575 g/mol. The zero-order valence-electron chi connectivity index (χ0n) is 23.0. The predicted octanol–water partition coefficient (Wildman–Crippen LogP) is 8.10. The van der Waals surface area contributed by atoms with E-state index in [2.05, 4.69) is 24.1 Å². The molecule has 0 spiro atoms. The summed E-state index contributed by atoms with van der Waals surface area (Å²) < 4.78 is 56.5. The summed E-state index contributed by atoms with van der Waals surface area (Å²) in [5, 5.41) is 5.52. The Hall–Kier alpha value is -3.48. The van der Waals surface area contributed by atoms with Crippen LogP contribution in [0.1, 0.15) is 41.1 Å². The maximum Gasteiger partial charge on any atom is 0.419 e. The summed E-state index contributed by atoms with van der Waals surface area (Å²) in [4.78, 5) is 23.7. The third kappa shape index (κ3) is 7.63. The summed E-state index contributed by atoms with van der Waals surface area (Å²) >= 11 is 2.89. The van der Waals surface area contributed by atoms with Crippen LogP contribution in [0.15, 0.2) is 48.0 Å². The highest BCUT2D eigenvalue weighted by Gasteiger charge is 2.35. The van der Waals surface area contributed by atoms with E-state index in [-0.39, 0.29) is 30.3 Å².